The fraction of sp³-hybridized carbons (Fsp3) is 0.136. The van der Waals surface area contributed by atoms with Crippen LogP contribution >= 0.6 is 35.0 Å². The molecular weight excluding hydrogens is 475 g/mol. The molecule has 0 aliphatic rings. The predicted molar refractivity (Wildman–Crippen MR) is 128 cm³/mol. The van der Waals surface area contributed by atoms with Crippen LogP contribution < -0.4 is 10.0 Å². The van der Waals surface area contributed by atoms with Crippen molar-refractivity contribution in [3.63, 3.8) is 0 Å². The molecule has 3 rings (SSSR count). The number of hydrogen-bond acceptors (Lipinski definition) is 4. The van der Waals surface area contributed by atoms with E-state index in [1.54, 1.807) is 12.1 Å². The van der Waals surface area contributed by atoms with Crippen molar-refractivity contribution >= 4 is 56.6 Å². The first-order valence-corrected chi connectivity index (χ1v) is 12.7. The third-order valence-corrected chi connectivity index (χ3v) is 7.43. The molecule has 9 heteroatoms. The van der Waals surface area contributed by atoms with Crippen molar-refractivity contribution in [2.75, 3.05) is 11.6 Å². The predicted octanol–water partition coefficient (Wildman–Crippen LogP) is 5.24. The van der Waals surface area contributed by atoms with Gasteiger partial charge in [0.2, 0.25) is 15.9 Å². The summed E-state index contributed by atoms with van der Waals surface area (Å²) in [6, 6.07) is 19.6. The van der Waals surface area contributed by atoms with Crippen LogP contribution in [-0.4, -0.2) is 26.6 Å². The molecule has 0 saturated carbocycles. The molecule has 0 radical (unpaired) electrons. The number of hydrogen-bond donors (Lipinski definition) is 2. The van der Waals surface area contributed by atoms with Crippen molar-refractivity contribution in [1.82, 2.24) is 4.72 Å². The lowest BCUT2D eigenvalue weighted by molar-refractivity contribution is -0.117. The first kappa shape index (κ1) is 23.6. The van der Waals surface area contributed by atoms with Crippen LogP contribution in [0.5, 0.6) is 0 Å². The second-order valence-electron chi connectivity index (χ2n) is 6.63. The SMILES string of the molecule is CSc1ccccc1NC(=O)[C@H](Cc1ccccc1)NS(=O)(=O)c1cc(Cl)ccc1Cl. The maximum Gasteiger partial charge on any atom is 0.242 e. The second-order valence-corrected chi connectivity index (χ2v) is 10.0. The Morgan fingerprint density at radius 2 is 1.68 bits per heavy atom. The van der Waals surface area contributed by atoms with Crippen molar-refractivity contribution in [2.45, 2.75) is 22.3 Å². The minimum Gasteiger partial charge on any atom is -0.324 e. The third-order valence-electron chi connectivity index (χ3n) is 4.44. The van der Waals surface area contributed by atoms with E-state index in [0.29, 0.717) is 5.69 Å². The summed E-state index contributed by atoms with van der Waals surface area (Å²) in [4.78, 5) is 13.8. The zero-order valence-corrected chi connectivity index (χ0v) is 19.7. The van der Waals surface area contributed by atoms with Crippen LogP contribution in [0.15, 0.2) is 82.6 Å². The van der Waals surface area contributed by atoms with Crippen LogP contribution in [0.1, 0.15) is 5.56 Å². The number of para-hydroxylation sites is 1. The number of carbonyl (C=O) groups is 1. The molecule has 0 fully saturated rings. The zero-order chi connectivity index (χ0) is 22.4. The highest BCUT2D eigenvalue weighted by Gasteiger charge is 2.28. The fourth-order valence-electron chi connectivity index (χ4n) is 2.94. The molecule has 3 aromatic rings. The van der Waals surface area contributed by atoms with Gasteiger partial charge in [-0.25, -0.2) is 8.42 Å². The monoisotopic (exact) mass is 494 g/mol. The lowest BCUT2D eigenvalue weighted by Gasteiger charge is -2.20. The Balaban J connectivity index is 1.92. The summed E-state index contributed by atoms with van der Waals surface area (Å²) in [6.45, 7) is 0. The van der Waals surface area contributed by atoms with Gasteiger partial charge in [0.15, 0.2) is 0 Å². The molecule has 0 aliphatic carbocycles. The Hall–Kier alpha value is -2.03. The molecule has 2 N–H and O–H groups in total. The minimum atomic E-state index is -4.12. The summed E-state index contributed by atoms with van der Waals surface area (Å²) in [7, 11) is -4.12. The number of carbonyl (C=O) groups excluding carboxylic acids is 1. The van der Waals surface area contributed by atoms with E-state index in [4.69, 9.17) is 23.2 Å². The summed E-state index contributed by atoms with van der Waals surface area (Å²) < 4.78 is 28.6. The van der Waals surface area contributed by atoms with Gasteiger partial charge in [-0.15, -0.1) is 11.8 Å². The molecule has 1 amide bonds. The van der Waals surface area contributed by atoms with Crippen molar-refractivity contribution in [2.24, 2.45) is 0 Å². The number of amides is 1. The number of benzene rings is 3. The number of nitrogens with one attached hydrogen (secondary N) is 2. The van der Waals surface area contributed by atoms with Crippen LogP contribution in [0.2, 0.25) is 10.0 Å². The van der Waals surface area contributed by atoms with Gasteiger partial charge in [0.25, 0.3) is 0 Å². The Kier molecular flexibility index (Phi) is 8.02. The Bertz CT molecular complexity index is 1170. The second kappa shape index (κ2) is 10.5. The average Bonchev–Trinajstić information content (AvgIpc) is 2.76. The van der Waals surface area contributed by atoms with E-state index in [0.717, 1.165) is 10.5 Å². The molecule has 0 spiro atoms. The van der Waals surface area contributed by atoms with Gasteiger partial charge in [-0.3, -0.25) is 4.79 Å². The van der Waals surface area contributed by atoms with Gasteiger partial charge in [-0.2, -0.15) is 4.72 Å². The molecule has 1 atom stereocenters. The molecule has 0 unspecified atom stereocenters. The van der Waals surface area contributed by atoms with E-state index in [2.05, 4.69) is 10.0 Å². The number of sulfonamides is 1. The standard InChI is InChI=1S/C22H20Cl2N2O3S2/c1-30-20-10-6-5-9-18(20)25-22(27)19(13-15-7-3-2-4-8-15)26-31(28,29)21-14-16(23)11-12-17(21)24/h2-12,14,19,26H,13H2,1H3,(H,25,27)/t19-/m0/s1. The topological polar surface area (TPSA) is 75.3 Å². The summed E-state index contributed by atoms with van der Waals surface area (Å²) in [6.07, 6.45) is 2.06. The number of rotatable bonds is 8. The fourth-order valence-corrected chi connectivity index (χ4v) is 5.45. The Morgan fingerprint density at radius 3 is 2.39 bits per heavy atom. The molecule has 0 aliphatic heterocycles. The average molecular weight is 495 g/mol. The maximum atomic E-state index is 13.1. The number of thioether (sulfide) groups is 1. The van der Waals surface area contributed by atoms with Crippen LogP contribution in [0.25, 0.3) is 0 Å². The first-order valence-electron chi connectivity index (χ1n) is 9.25. The summed E-state index contributed by atoms with van der Waals surface area (Å²) in [5.41, 5.74) is 1.42. The molecule has 31 heavy (non-hydrogen) atoms. The first-order chi connectivity index (χ1) is 14.8. The molecule has 162 valence electrons. The highest BCUT2D eigenvalue weighted by atomic mass is 35.5. The van der Waals surface area contributed by atoms with Crippen molar-refractivity contribution in [3.8, 4) is 0 Å². The van der Waals surface area contributed by atoms with E-state index in [9.17, 15) is 13.2 Å². The van der Waals surface area contributed by atoms with Crippen molar-refractivity contribution in [3.05, 3.63) is 88.4 Å². The van der Waals surface area contributed by atoms with Gasteiger partial charge in [0, 0.05) is 9.92 Å². The number of halogens is 2. The Labute approximate surface area is 196 Å². The van der Waals surface area contributed by atoms with Crippen LogP contribution in [0, 0.1) is 0 Å². The zero-order valence-electron chi connectivity index (χ0n) is 16.5. The molecule has 0 saturated heterocycles. The summed E-state index contributed by atoms with van der Waals surface area (Å²) >= 11 is 13.5. The van der Waals surface area contributed by atoms with E-state index in [1.165, 1.54) is 30.0 Å². The quantitative estimate of drug-likeness (QED) is 0.419. The van der Waals surface area contributed by atoms with E-state index in [1.807, 2.05) is 48.7 Å². The largest absolute Gasteiger partial charge is 0.324 e. The smallest absolute Gasteiger partial charge is 0.242 e. The molecular formula is C22H20Cl2N2O3S2. The molecule has 0 aromatic heterocycles. The maximum absolute atomic E-state index is 13.1. The summed E-state index contributed by atoms with van der Waals surface area (Å²) in [5, 5.41) is 3.08. The molecule has 5 nitrogen and oxygen atoms in total. The van der Waals surface area contributed by atoms with E-state index >= 15 is 0 Å². The van der Waals surface area contributed by atoms with Gasteiger partial charge < -0.3 is 5.32 Å². The van der Waals surface area contributed by atoms with Gasteiger partial charge in [0.1, 0.15) is 10.9 Å². The number of anilines is 1. The van der Waals surface area contributed by atoms with Gasteiger partial charge in [0.05, 0.1) is 10.7 Å². The minimum absolute atomic E-state index is 0.0171. The van der Waals surface area contributed by atoms with Crippen molar-refractivity contribution < 1.29 is 13.2 Å². The summed E-state index contributed by atoms with van der Waals surface area (Å²) in [5.74, 6) is -0.480. The van der Waals surface area contributed by atoms with Crippen LogP contribution in [0.4, 0.5) is 5.69 Å². The Morgan fingerprint density at radius 1 is 1.00 bits per heavy atom. The third kappa shape index (κ3) is 6.24. The van der Waals surface area contributed by atoms with Gasteiger partial charge >= 0.3 is 0 Å². The highest BCUT2D eigenvalue weighted by molar-refractivity contribution is 7.98. The van der Waals surface area contributed by atoms with E-state index < -0.39 is 22.0 Å². The van der Waals surface area contributed by atoms with E-state index in [-0.39, 0.29) is 21.4 Å². The normalized spacial score (nSPS) is 12.4. The molecule has 3 aromatic carbocycles. The molecule has 0 bridgehead atoms. The molecule has 0 heterocycles. The van der Waals surface area contributed by atoms with Gasteiger partial charge in [-0.1, -0.05) is 65.7 Å². The lowest BCUT2D eigenvalue weighted by atomic mass is 10.1. The highest BCUT2D eigenvalue weighted by Crippen LogP contribution is 2.27. The van der Waals surface area contributed by atoms with Crippen LogP contribution in [-0.2, 0) is 21.2 Å². The van der Waals surface area contributed by atoms with Crippen LogP contribution in [0.3, 0.4) is 0 Å². The lowest BCUT2D eigenvalue weighted by Crippen LogP contribution is -2.45. The van der Waals surface area contributed by atoms with Crippen molar-refractivity contribution in [1.29, 1.82) is 0 Å². The van der Waals surface area contributed by atoms with Gasteiger partial charge in [-0.05, 0) is 48.6 Å².